The van der Waals surface area contributed by atoms with Crippen LogP contribution < -0.4 is 0 Å². The number of rotatable bonds is 4. The van der Waals surface area contributed by atoms with Crippen LogP contribution in [0, 0.1) is 10.5 Å². The summed E-state index contributed by atoms with van der Waals surface area (Å²) in [4.78, 5) is 24.9. The Kier molecular flexibility index (Phi) is 5.12. The fraction of sp³-hybridized carbons (Fsp3) is 0.200. The molecular formula is C15H13ClINO4. The summed E-state index contributed by atoms with van der Waals surface area (Å²) < 4.78 is 6.14. The second-order valence-electron chi connectivity index (χ2n) is 4.77. The Hall–Kier alpha value is -1.54. The van der Waals surface area contributed by atoms with E-state index >= 15 is 0 Å². The lowest BCUT2D eigenvalue weighted by molar-refractivity contribution is 0.0694. The number of aromatic carboxylic acids is 1. The van der Waals surface area contributed by atoms with Crippen molar-refractivity contribution < 1.29 is 19.1 Å². The molecular weight excluding hydrogens is 421 g/mol. The Morgan fingerprint density at radius 1 is 1.32 bits per heavy atom. The van der Waals surface area contributed by atoms with Crippen molar-refractivity contribution in [3.05, 3.63) is 55.5 Å². The van der Waals surface area contributed by atoms with Gasteiger partial charge in [-0.3, -0.25) is 4.79 Å². The summed E-state index contributed by atoms with van der Waals surface area (Å²) in [7, 11) is 1.63. The number of hydrogen-bond donors (Lipinski definition) is 1. The maximum Gasteiger partial charge on any atom is 0.339 e. The standard InChI is InChI=1S/C15H13ClINO4/c1-8-12(15(20)21)6-10(22-8)7-18(2)14(19)11-4-3-9(16)5-13(11)17/h3-6H,7H2,1-2H3,(H,20,21). The number of carbonyl (C=O) groups is 2. The van der Waals surface area contributed by atoms with Crippen LogP contribution in [0.3, 0.4) is 0 Å². The molecule has 1 heterocycles. The van der Waals surface area contributed by atoms with E-state index in [-0.39, 0.29) is 18.0 Å². The number of hydrogen-bond acceptors (Lipinski definition) is 3. The molecule has 0 spiro atoms. The largest absolute Gasteiger partial charge is 0.478 e. The Bertz CT molecular complexity index is 741. The molecule has 5 nitrogen and oxygen atoms in total. The number of carboxylic acids is 1. The average molecular weight is 434 g/mol. The first-order valence-corrected chi connectivity index (χ1v) is 7.78. The molecule has 0 fully saturated rings. The van der Waals surface area contributed by atoms with Crippen LogP contribution >= 0.6 is 34.2 Å². The highest BCUT2D eigenvalue weighted by atomic mass is 127. The summed E-state index contributed by atoms with van der Waals surface area (Å²) in [5, 5.41) is 9.57. The van der Waals surface area contributed by atoms with E-state index < -0.39 is 5.97 Å². The van der Waals surface area contributed by atoms with Gasteiger partial charge >= 0.3 is 5.97 Å². The molecule has 0 unspecified atom stereocenters. The summed E-state index contributed by atoms with van der Waals surface area (Å²) in [5.74, 6) is -0.486. The van der Waals surface area contributed by atoms with Gasteiger partial charge in [0.05, 0.1) is 12.1 Å². The molecule has 0 atom stereocenters. The van der Waals surface area contributed by atoms with Gasteiger partial charge in [0.2, 0.25) is 0 Å². The Balaban J connectivity index is 2.18. The van der Waals surface area contributed by atoms with Gasteiger partial charge in [-0.15, -0.1) is 0 Å². The van der Waals surface area contributed by atoms with Crippen molar-refractivity contribution in [2.24, 2.45) is 0 Å². The predicted octanol–water partition coefficient (Wildman–Crippen LogP) is 3.82. The van der Waals surface area contributed by atoms with Gasteiger partial charge in [-0.25, -0.2) is 4.79 Å². The first-order valence-electron chi connectivity index (χ1n) is 6.32. The lowest BCUT2D eigenvalue weighted by Crippen LogP contribution is -2.26. The molecule has 2 aromatic rings. The van der Waals surface area contributed by atoms with Crippen molar-refractivity contribution in [1.29, 1.82) is 0 Å². The topological polar surface area (TPSA) is 70.8 Å². The molecule has 0 aliphatic rings. The van der Waals surface area contributed by atoms with E-state index in [1.807, 2.05) is 0 Å². The van der Waals surface area contributed by atoms with Gasteiger partial charge in [0.1, 0.15) is 17.1 Å². The van der Waals surface area contributed by atoms with Gasteiger partial charge in [0, 0.05) is 15.6 Å². The molecule has 22 heavy (non-hydrogen) atoms. The quantitative estimate of drug-likeness (QED) is 0.744. The first-order chi connectivity index (χ1) is 10.3. The third-order valence-corrected chi connectivity index (χ3v) is 4.23. The maximum atomic E-state index is 12.4. The van der Waals surface area contributed by atoms with Crippen molar-refractivity contribution >= 4 is 46.1 Å². The van der Waals surface area contributed by atoms with Crippen LogP contribution in [0.5, 0.6) is 0 Å². The Morgan fingerprint density at radius 2 is 2.00 bits per heavy atom. The van der Waals surface area contributed by atoms with E-state index in [1.165, 1.54) is 11.0 Å². The summed E-state index contributed by atoms with van der Waals surface area (Å²) >= 11 is 7.93. The van der Waals surface area contributed by atoms with Crippen molar-refractivity contribution in [3.63, 3.8) is 0 Å². The third kappa shape index (κ3) is 3.61. The molecule has 0 saturated carbocycles. The fourth-order valence-electron chi connectivity index (χ4n) is 2.01. The van der Waals surface area contributed by atoms with Crippen molar-refractivity contribution in [2.75, 3.05) is 7.05 Å². The zero-order valence-electron chi connectivity index (χ0n) is 11.9. The maximum absolute atomic E-state index is 12.4. The van der Waals surface area contributed by atoms with Gasteiger partial charge < -0.3 is 14.4 Å². The van der Waals surface area contributed by atoms with Gasteiger partial charge in [-0.05, 0) is 53.8 Å². The van der Waals surface area contributed by atoms with E-state index in [1.54, 1.807) is 32.2 Å². The molecule has 0 aliphatic heterocycles. The van der Waals surface area contributed by atoms with E-state index in [2.05, 4.69) is 22.6 Å². The Morgan fingerprint density at radius 3 is 2.55 bits per heavy atom. The zero-order valence-corrected chi connectivity index (χ0v) is 14.8. The third-order valence-electron chi connectivity index (χ3n) is 3.10. The van der Waals surface area contributed by atoms with E-state index in [0.717, 1.165) is 3.57 Å². The van der Waals surface area contributed by atoms with E-state index in [4.69, 9.17) is 21.1 Å². The van der Waals surface area contributed by atoms with Crippen LogP contribution in [0.1, 0.15) is 32.2 Å². The molecule has 0 bridgehead atoms. The molecule has 1 aromatic carbocycles. The smallest absolute Gasteiger partial charge is 0.339 e. The highest BCUT2D eigenvalue weighted by Crippen LogP contribution is 2.21. The fourth-order valence-corrected chi connectivity index (χ4v) is 3.11. The van der Waals surface area contributed by atoms with Gasteiger partial charge in [-0.2, -0.15) is 0 Å². The summed E-state index contributed by atoms with van der Waals surface area (Å²) in [5.41, 5.74) is 0.645. The number of carboxylic acid groups (broad SMARTS) is 1. The lowest BCUT2D eigenvalue weighted by Gasteiger charge is -2.16. The zero-order chi connectivity index (χ0) is 16.4. The monoisotopic (exact) mass is 433 g/mol. The van der Waals surface area contributed by atoms with Crippen LogP contribution in [0.15, 0.2) is 28.7 Å². The van der Waals surface area contributed by atoms with Crippen LogP contribution in [-0.4, -0.2) is 28.9 Å². The summed E-state index contributed by atoms with van der Waals surface area (Å²) in [6, 6.07) is 6.47. The number of aryl methyl sites for hydroxylation is 1. The van der Waals surface area contributed by atoms with Crippen LogP contribution in [0.4, 0.5) is 0 Å². The predicted molar refractivity (Wildman–Crippen MR) is 90.4 cm³/mol. The van der Waals surface area contributed by atoms with Crippen LogP contribution in [-0.2, 0) is 6.54 Å². The second kappa shape index (κ2) is 6.70. The minimum absolute atomic E-state index is 0.108. The molecule has 1 N–H and O–H groups in total. The molecule has 0 saturated heterocycles. The molecule has 7 heteroatoms. The van der Waals surface area contributed by atoms with Crippen LogP contribution in [0.2, 0.25) is 5.02 Å². The highest BCUT2D eigenvalue weighted by Gasteiger charge is 2.19. The molecule has 116 valence electrons. The second-order valence-corrected chi connectivity index (χ2v) is 6.37. The molecule has 0 aliphatic carbocycles. The number of benzene rings is 1. The van der Waals surface area contributed by atoms with Gasteiger partial charge in [0.25, 0.3) is 5.91 Å². The normalized spacial score (nSPS) is 10.5. The molecule has 2 rings (SSSR count). The number of amides is 1. The van der Waals surface area contributed by atoms with E-state index in [0.29, 0.717) is 22.1 Å². The van der Waals surface area contributed by atoms with Crippen molar-refractivity contribution in [1.82, 2.24) is 4.90 Å². The van der Waals surface area contributed by atoms with E-state index in [9.17, 15) is 9.59 Å². The number of nitrogens with zero attached hydrogens (tertiary/aromatic N) is 1. The lowest BCUT2D eigenvalue weighted by atomic mass is 10.2. The van der Waals surface area contributed by atoms with Crippen LogP contribution in [0.25, 0.3) is 0 Å². The van der Waals surface area contributed by atoms with Crippen molar-refractivity contribution in [3.8, 4) is 0 Å². The SMILES string of the molecule is Cc1oc(CN(C)C(=O)c2ccc(Cl)cc2I)cc1C(=O)O. The van der Waals surface area contributed by atoms with Gasteiger partial charge in [-0.1, -0.05) is 11.6 Å². The minimum atomic E-state index is -1.05. The average Bonchev–Trinajstić information content (AvgIpc) is 2.79. The number of furan rings is 1. The first kappa shape index (κ1) is 16.8. The van der Waals surface area contributed by atoms with Crippen molar-refractivity contribution in [2.45, 2.75) is 13.5 Å². The number of carbonyl (C=O) groups excluding carboxylic acids is 1. The molecule has 1 aromatic heterocycles. The minimum Gasteiger partial charge on any atom is -0.478 e. The summed E-state index contributed by atoms with van der Waals surface area (Å²) in [6.07, 6.45) is 0. The summed E-state index contributed by atoms with van der Waals surface area (Å²) in [6.45, 7) is 1.77. The number of halogens is 2. The highest BCUT2D eigenvalue weighted by molar-refractivity contribution is 14.1. The molecule has 0 radical (unpaired) electrons. The van der Waals surface area contributed by atoms with Gasteiger partial charge in [0.15, 0.2) is 0 Å². The molecule has 1 amide bonds. The Labute approximate surface area is 146 Å².